The van der Waals surface area contributed by atoms with Crippen LogP contribution in [-0.4, -0.2) is 72.6 Å². The summed E-state index contributed by atoms with van der Waals surface area (Å²) in [4.78, 5) is 13.5. The van der Waals surface area contributed by atoms with Crippen molar-refractivity contribution < 1.29 is 19.4 Å². The predicted molar refractivity (Wildman–Crippen MR) is 166 cm³/mol. The number of benzene rings is 3. The molecule has 9 heteroatoms. The van der Waals surface area contributed by atoms with Crippen LogP contribution in [0.1, 0.15) is 41.6 Å². The minimum atomic E-state index is -0.899. The van der Waals surface area contributed by atoms with Crippen molar-refractivity contribution in [3.05, 3.63) is 77.9 Å². The van der Waals surface area contributed by atoms with Gasteiger partial charge in [0.2, 0.25) is 0 Å². The van der Waals surface area contributed by atoms with Gasteiger partial charge in [0.15, 0.2) is 5.82 Å². The number of hydrogen-bond donors (Lipinski definition) is 3. The molecule has 0 spiro atoms. The van der Waals surface area contributed by atoms with Crippen molar-refractivity contribution in [3.63, 3.8) is 0 Å². The van der Waals surface area contributed by atoms with E-state index in [1.54, 1.807) is 26.4 Å². The van der Waals surface area contributed by atoms with Crippen LogP contribution in [0.3, 0.4) is 0 Å². The Kier molecular flexibility index (Phi) is 9.84. The van der Waals surface area contributed by atoms with E-state index in [1.165, 1.54) is 25.9 Å². The van der Waals surface area contributed by atoms with Crippen LogP contribution in [0.25, 0.3) is 22.0 Å². The van der Waals surface area contributed by atoms with Gasteiger partial charge in [0.05, 0.1) is 19.8 Å². The summed E-state index contributed by atoms with van der Waals surface area (Å²) in [6.07, 6.45) is 4.72. The second-order valence-electron chi connectivity index (χ2n) is 10.7. The minimum absolute atomic E-state index is 0.279. The number of hydrogen-bond acceptors (Lipinski definition) is 8. The van der Waals surface area contributed by atoms with E-state index in [9.17, 15) is 4.79 Å². The molecule has 0 saturated carbocycles. The van der Waals surface area contributed by atoms with E-state index in [0.717, 1.165) is 77.4 Å². The number of methoxy groups -OCH3 is 2. The molecule has 0 aliphatic carbocycles. The molecule has 2 aliphatic heterocycles. The number of likely N-dealkylation sites (tertiary alicyclic amines) is 1. The second kappa shape index (κ2) is 14.1. The van der Waals surface area contributed by atoms with Gasteiger partial charge in [-0.2, -0.15) is 0 Å². The number of nitrogens with one attached hydrogen (secondary N) is 2. The molecule has 3 N–H and O–H groups in total. The van der Waals surface area contributed by atoms with Crippen molar-refractivity contribution >= 4 is 22.6 Å². The van der Waals surface area contributed by atoms with Gasteiger partial charge in [-0.05, 0) is 98.9 Å². The smallest absolute Gasteiger partial charge is 0.335 e. The minimum Gasteiger partial charge on any atom is -0.497 e. The summed E-state index contributed by atoms with van der Waals surface area (Å²) >= 11 is 0. The van der Waals surface area contributed by atoms with Gasteiger partial charge < -0.3 is 25.2 Å². The Hall–Kier alpha value is -4.21. The van der Waals surface area contributed by atoms with Gasteiger partial charge in [0.1, 0.15) is 17.2 Å². The summed E-state index contributed by atoms with van der Waals surface area (Å²) in [6.45, 7) is 5.19. The lowest BCUT2D eigenvalue weighted by atomic mass is 10.0. The molecule has 0 amide bonds. The molecule has 1 aromatic heterocycles. The monoisotopic (exact) mass is 569 g/mol. The van der Waals surface area contributed by atoms with Crippen LogP contribution in [0.5, 0.6) is 11.5 Å². The number of carboxylic acids is 1. The Bertz CT molecular complexity index is 1460. The Morgan fingerprint density at radius 1 is 0.905 bits per heavy atom. The third-order valence-corrected chi connectivity index (χ3v) is 7.84. The van der Waals surface area contributed by atoms with E-state index >= 15 is 0 Å². The van der Waals surface area contributed by atoms with Crippen molar-refractivity contribution in [1.82, 2.24) is 20.4 Å². The van der Waals surface area contributed by atoms with E-state index in [4.69, 9.17) is 14.6 Å². The number of nitrogens with zero attached hydrogens (tertiary/aromatic N) is 3. The fraction of sp³-hybridized carbons (Fsp3) is 0.364. The maximum absolute atomic E-state index is 11.1. The number of rotatable bonds is 8. The lowest BCUT2D eigenvalue weighted by molar-refractivity contribution is 0.0697. The maximum atomic E-state index is 11.1. The highest BCUT2D eigenvalue weighted by atomic mass is 16.5. The van der Waals surface area contributed by atoms with Crippen LogP contribution in [0.15, 0.2) is 66.7 Å². The standard InChI is InChI=1S/C29H30N4O4.C4H9N/c1-36-23-9-7-20(8-10-23)27-25-12-11-24(37-2)17-26(25)28(32-31-27)30-22-13-15-33(16-14-22)18-19-3-5-21(6-4-19)29(34)35;1-2-4-5-3-1/h3-12,17,22H,13-16,18H2,1-2H3,(H,30,32)(H,34,35);5H,1-4H2. The molecule has 2 saturated heterocycles. The normalized spacial score (nSPS) is 15.6. The average molecular weight is 570 g/mol. The molecule has 2 fully saturated rings. The highest BCUT2D eigenvalue weighted by Gasteiger charge is 2.21. The number of aromatic nitrogens is 2. The molecule has 0 unspecified atom stereocenters. The molecule has 6 rings (SSSR count). The number of carbonyl (C=O) groups is 1. The van der Waals surface area contributed by atoms with Crippen molar-refractivity contribution in [2.45, 2.75) is 38.3 Å². The second-order valence-corrected chi connectivity index (χ2v) is 10.7. The molecule has 2 aliphatic rings. The van der Waals surface area contributed by atoms with Gasteiger partial charge >= 0.3 is 5.97 Å². The zero-order valence-corrected chi connectivity index (χ0v) is 24.3. The molecule has 3 heterocycles. The first-order valence-corrected chi connectivity index (χ1v) is 14.5. The van der Waals surface area contributed by atoms with E-state index in [0.29, 0.717) is 5.56 Å². The van der Waals surface area contributed by atoms with Crippen LogP contribution in [-0.2, 0) is 6.54 Å². The van der Waals surface area contributed by atoms with E-state index in [-0.39, 0.29) is 6.04 Å². The highest BCUT2D eigenvalue weighted by Crippen LogP contribution is 2.34. The molecule has 220 valence electrons. The van der Waals surface area contributed by atoms with Crippen molar-refractivity contribution in [2.75, 3.05) is 45.7 Å². The van der Waals surface area contributed by atoms with Crippen molar-refractivity contribution in [1.29, 1.82) is 0 Å². The zero-order chi connectivity index (χ0) is 29.3. The molecule has 0 radical (unpaired) electrons. The number of piperidine rings is 1. The zero-order valence-electron chi connectivity index (χ0n) is 24.3. The molecular formula is C33H39N5O4. The van der Waals surface area contributed by atoms with Crippen LogP contribution in [0.4, 0.5) is 5.82 Å². The first-order valence-electron chi connectivity index (χ1n) is 14.5. The molecule has 42 heavy (non-hydrogen) atoms. The Balaban J connectivity index is 0.000000639. The largest absolute Gasteiger partial charge is 0.497 e. The van der Waals surface area contributed by atoms with Gasteiger partial charge in [-0.1, -0.05) is 12.1 Å². The Morgan fingerprint density at radius 3 is 2.17 bits per heavy atom. The SMILES string of the molecule is C1CCNC1.COc1ccc(-c2nnc(NC3CCN(Cc4ccc(C(=O)O)cc4)CC3)c3cc(OC)ccc23)cc1. The molecule has 4 aromatic rings. The van der Waals surface area contributed by atoms with Gasteiger partial charge in [-0.3, -0.25) is 4.90 Å². The lowest BCUT2D eigenvalue weighted by Crippen LogP contribution is -2.38. The van der Waals surface area contributed by atoms with Crippen molar-refractivity contribution in [2.24, 2.45) is 0 Å². The lowest BCUT2D eigenvalue weighted by Gasteiger charge is -2.32. The molecule has 9 nitrogen and oxygen atoms in total. The quantitative estimate of drug-likeness (QED) is 0.255. The number of aromatic carboxylic acids is 1. The molecule has 3 aromatic carbocycles. The van der Waals surface area contributed by atoms with Crippen LogP contribution in [0, 0.1) is 0 Å². The van der Waals surface area contributed by atoms with Crippen LogP contribution in [0.2, 0.25) is 0 Å². The van der Waals surface area contributed by atoms with Gasteiger partial charge in [0.25, 0.3) is 0 Å². The maximum Gasteiger partial charge on any atom is 0.335 e. The first-order chi connectivity index (χ1) is 20.5. The Morgan fingerprint density at radius 2 is 1.57 bits per heavy atom. The summed E-state index contributed by atoms with van der Waals surface area (Å²) in [5.41, 5.74) is 3.22. The van der Waals surface area contributed by atoms with Crippen LogP contribution >= 0.6 is 0 Å². The summed E-state index contributed by atoms with van der Waals surface area (Å²) in [5.74, 6) is 1.43. The van der Waals surface area contributed by atoms with E-state index < -0.39 is 5.97 Å². The molecule has 0 bridgehead atoms. The molecule has 0 atom stereocenters. The number of ether oxygens (including phenoxy) is 2. The fourth-order valence-corrected chi connectivity index (χ4v) is 5.39. The number of anilines is 1. The van der Waals surface area contributed by atoms with Gasteiger partial charge in [0, 0.05) is 42.0 Å². The third-order valence-electron chi connectivity index (χ3n) is 7.84. The van der Waals surface area contributed by atoms with Crippen molar-refractivity contribution in [3.8, 4) is 22.8 Å². The summed E-state index contributed by atoms with van der Waals surface area (Å²) in [6, 6.07) is 21.2. The number of fused-ring (bicyclic) bond motifs is 1. The highest BCUT2D eigenvalue weighted by molar-refractivity contribution is 6.00. The number of carboxylic acid groups (broad SMARTS) is 1. The Labute approximate surface area is 246 Å². The van der Waals surface area contributed by atoms with E-state index in [1.807, 2.05) is 54.6 Å². The first kappa shape index (κ1) is 29.3. The third kappa shape index (κ3) is 7.35. The van der Waals surface area contributed by atoms with E-state index in [2.05, 4.69) is 25.7 Å². The fourth-order valence-electron chi connectivity index (χ4n) is 5.39. The summed E-state index contributed by atoms with van der Waals surface area (Å²) < 4.78 is 10.8. The topological polar surface area (TPSA) is 109 Å². The summed E-state index contributed by atoms with van der Waals surface area (Å²) in [5, 5.41) is 27.1. The van der Waals surface area contributed by atoms with Crippen LogP contribution < -0.4 is 20.1 Å². The molecular weight excluding hydrogens is 530 g/mol. The average Bonchev–Trinajstić information content (AvgIpc) is 3.63. The van der Waals surface area contributed by atoms with Gasteiger partial charge in [-0.15, -0.1) is 10.2 Å². The van der Waals surface area contributed by atoms with Gasteiger partial charge in [-0.25, -0.2) is 4.79 Å². The summed E-state index contributed by atoms with van der Waals surface area (Å²) in [7, 11) is 3.32. The predicted octanol–water partition coefficient (Wildman–Crippen LogP) is 5.46.